The number of nitrogens with zero attached hydrogens (tertiary/aromatic N) is 6. The molecule has 1 N–H and O–H groups in total. The zero-order valence-electron chi connectivity index (χ0n) is 20.3. The number of likely N-dealkylation sites (tertiary alicyclic amines) is 1. The number of pyridine rings is 1. The van der Waals surface area contributed by atoms with E-state index in [4.69, 9.17) is 11.6 Å². The second kappa shape index (κ2) is 10.6. The minimum Gasteiger partial charge on any atom is -0.337 e. The summed E-state index contributed by atoms with van der Waals surface area (Å²) < 4.78 is 26.9. The fourth-order valence-corrected chi connectivity index (χ4v) is 5.03. The van der Waals surface area contributed by atoms with Crippen molar-refractivity contribution in [1.82, 2.24) is 30.1 Å². The molecule has 2 aliphatic heterocycles. The van der Waals surface area contributed by atoms with E-state index in [-0.39, 0.29) is 29.7 Å². The molecule has 2 aromatic rings. The SMILES string of the molecule is C[C@@H]1CN(c2ncc(C(C)(F)F)cn2)C[C@H](C)N1C(=O)NC1CCN(Cc2ccncc2Cl)CC1. The third kappa shape index (κ3) is 6.16. The molecule has 0 radical (unpaired) electrons. The van der Waals surface area contributed by atoms with Crippen LogP contribution in [0.4, 0.5) is 19.5 Å². The first-order chi connectivity index (χ1) is 16.6. The van der Waals surface area contributed by atoms with E-state index in [0.29, 0.717) is 24.1 Å². The Morgan fingerprint density at radius 3 is 2.34 bits per heavy atom. The number of rotatable bonds is 5. The lowest BCUT2D eigenvalue weighted by atomic mass is 10.0. The van der Waals surface area contributed by atoms with Crippen LogP contribution in [0.25, 0.3) is 0 Å². The Labute approximate surface area is 209 Å². The van der Waals surface area contributed by atoms with E-state index < -0.39 is 5.92 Å². The fourth-order valence-electron chi connectivity index (χ4n) is 4.86. The maximum absolute atomic E-state index is 13.5. The summed E-state index contributed by atoms with van der Waals surface area (Å²) in [6.07, 6.45) is 7.51. The third-order valence-electron chi connectivity index (χ3n) is 6.75. The molecular formula is C24H32ClF2N7O. The maximum atomic E-state index is 13.5. The lowest BCUT2D eigenvalue weighted by Crippen LogP contribution is -2.62. The highest BCUT2D eigenvalue weighted by atomic mass is 35.5. The summed E-state index contributed by atoms with van der Waals surface area (Å²) in [6, 6.07) is 1.84. The quantitative estimate of drug-likeness (QED) is 0.661. The fraction of sp³-hybridized carbons (Fsp3) is 0.583. The lowest BCUT2D eigenvalue weighted by Gasteiger charge is -2.45. The largest absolute Gasteiger partial charge is 0.337 e. The molecule has 2 amide bonds. The van der Waals surface area contributed by atoms with Crippen molar-refractivity contribution in [2.45, 2.75) is 64.2 Å². The van der Waals surface area contributed by atoms with Crippen molar-refractivity contribution >= 4 is 23.6 Å². The zero-order valence-corrected chi connectivity index (χ0v) is 21.0. The first-order valence-corrected chi connectivity index (χ1v) is 12.3. The van der Waals surface area contributed by atoms with Crippen LogP contribution in [0.15, 0.2) is 30.9 Å². The van der Waals surface area contributed by atoms with E-state index in [2.05, 4.69) is 25.2 Å². The summed E-state index contributed by atoms with van der Waals surface area (Å²) in [5.74, 6) is -2.57. The number of carbonyl (C=O) groups excluding carboxylic acids is 1. The Kier molecular flexibility index (Phi) is 7.70. The van der Waals surface area contributed by atoms with Gasteiger partial charge in [-0.3, -0.25) is 9.88 Å². The monoisotopic (exact) mass is 507 g/mol. The summed E-state index contributed by atoms with van der Waals surface area (Å²) in [5, 5.41) is 3.89. The summed E-state index contributed by atoms with van der Waals surface area (Å²) >= 11 is 6.24. The molecule has 0 bridgehead atoms. The average molecular weight is 508 g/mol. The minimum absolute atomic E-state index is 0.0674. The van der Waals surface area contributed by atoms with Gasteiger partial charge in [0.05, 0.1) is 10.6 Å². The molecule has 8 nitrogen and oxygen atoms in total. The number of piperidine rings is 1. The van der Waals surface area contributed by atoms with Crippen LogP contribution in [0.2, 0.25) is 5.02 Å². The molecule has 0 aliphatic carbocycles. The third-order valence-corrected chi connectivity index (χ3v) is 7.09. The molecule has 190 valence electrons. The van der Waals surface area contributed by atoms with Crippen molar-refractivity contribution in [3.05, 3.63) is 47.0 Å². The Bertz CT molecular complexity index is 1000. The predicted molar refractivity (Wildman–Crippen MR) is 131 cm³/mol. The van der Waals surface area contributed by atoms with Gasteiger partial charge in [-0.2, -0.15) is 0 Å². The molecule has 4 rings (SSSR count). The van der Waals surface area contributed by atoms with Gasteiger partial charge >= 0.3 is 6.03 Å². The van der Waals surface area contributed by atoms with Gasteiger partial charge in [0.2, 0.25) is 5.95 Å². The molecule has 2 fully saturated rings. The number of piperazine rings is 1. The molecule has 2 aliphatic rings. The lowest BCUT2D eigenvalue weighted by molar-refractivity contribution is 0.0167. The van der Waals surface area contributed by atoms with Crippen LogP contribution in [0.5, 0.6) is 0 Å². The number of anilines is 1. The number of alkyl halides is 2. The van der Waals surface area contributed by atoms with Crippen LogP contribution in [0.3, 0.4) is 0 Å². The molecule has 11 heteroatoms. The van der Waals surface area contributed by atoms with Crippen LogP contribution in [0.1, 0.15) is 44.7 Å². The molecule has 2 saturated heterocycles. The van der Waals surface area contributed by atoms with Gasteiger partial charge in [-0.1, -0.05) is 11.6 Å². The Balaban J connectivity index is 1.28. The molecule has 0 aromatic carbocycles. The first kappa shape index (κ1) is 25.5. The summed E-state index contributed by atoms with van der Waals surface area (Å²) in [6.45, 7) is 8.40. The van der Waals surface area contributed by atoms with Crippen molar-refractivity contribution in [3.63, 3.8) is 0 Å². The minimum atomic E-state index is -2.97. The molecule has 0 unspecified atom stereocenters. The molecular weight excluding hydrogens is 476 g/mol. The van der Waals surface area contributed by atoms with Gasteiger partial charge < -0.3 is 15.1 Å². The normalized spacial score (nSPS) is 22.3. The standard InChI is InChI=1S/C24H32ClF2N7O/c1-16-13-33(22-29-10-19(11-30-22)24(3,26)27)14-17(2)34(16)23(35)31-20-5-8-32(9-6-20)15-18-4-7-28-12-21(18)25/h4,7,10-12,16-17,20H,5-6,8-9,13-15H2,1-3H3,(H,31,35)/t16-,17+. The average Bonchev–Trinajstić information content (AvgIpc) is 2.81. The Morgan fingerprint density at radius 2 is 1.77 bits per heavy atom. The van der Waals surface area contributed by atoms with Crippen LogP contribution >= 0.6 is 11.6 Å². The van der Waals surface area contributed by atoms with Crippen molar-refractivity contribution in [1.29, 1.82) is 0 Å². The van der Waals surface area contributed by atoms with Gasteiger partial charge in [-0.05, 0) is 38.3 Å². The van der Waals surface area contributed by atoms with E-state index in [1.165, 1.54) is 12.4 Å². The Hall–Kier alpha value is -2.59. The first-order valence-electron chi connectivity index (χ1n) is 12.0. The summed E-state index contributed by atoms with van der Waals surface area (Å²) in [4.78, 5) is 31.6. The highest BCUT2D eigenvalue weighted by Gasteiger charge is 2.35. The van der Waals surface area contributed by atoms with Crippen molar-refractivity contribution in [3.8, 4) is 0 Å². The van der Waals surface area contributed by atoms with Gasteiger partial charge in [0.1, 0.15) is 0 Å². The van der Waals surface area contributed by atoms with Crippen LogP contribution in [-0.4, -0.2) is 75.1 Å². The molecule has 2 atom stereocenters. The second-order valence-corrected chi connectivity index (χ2v) is 10.0. The molecule has 2 aromatic heterocycles. The zero-order chi connectivity index (χ0) is 25.2. The van der Waals surface area contributed by atoms with Gasteiger partial charge in [0.25, 0.3) is 5.92 Å². The highest BCUT2D eigenvalue weighted by Crippen LogP contribution is 2.27. The molecule has 0 saturated carbocycles. The second-order valence-electron chi connectivity index (χ2n) is 9.64. The van der Waals surface area contributed by atoms with E-state index in [0.717, 1.165) is 45.0 Å². The summed E-state index contributed by atoms with van der Waals surface area (Å²) in [7, 11) is 0. The van der Waals surface area contributed by atoms with E-state index >= 15 is 0 Å². The maximum Gasteiger partial charge on any atom is 0.318 e. The van der Waals surface area contributed by atoms with Crippen LogP contribution in [-0.2, 0) is 12.5 Å². The van der Waals surface area contributed by atoms with E-state index in [9.17, 15) is 13.6 Å². The summed E-state index contributed by atoms with van der Waals surface area (Å²) in [5.41, 5.74) is 0.849. The topological polar surface area (TPSA) is 77.5 Å². The number of aromatic nitrogens is 3. The van der Waals surface area contributed by atoms with E-state index in [1.807, 2.05) is 29.7 Å². The number of carbonyl (C=O) groups is 1. The molecule has 0 spiro atoms. The van der Waals surface area contributed by atoms with Crippen molar-refractivity contribution < 1.29 is 13.6 Å². The number of hydrogen-bond acceptors (Lipinski definition) is 6. The van der Waals surface area contributed by atoms with E-state index in [1.54, 1.807) is 12.4 Å². The number of amides is 2. The molecule has 4 heterocycles. The number of nitrogens with one attached hydrogen (secondary N) is 1. The van der Waals surface area contributed by atoms with Gasteiger partial charge in [0, 0.05) is 82.6 Å². The van der Waals surface area contributed by atoms with Crippen LogP contribution in [0, 0.1) is 0 Å². The number of hydrogen-bond donors (Lipinski definition) is 1. The van der Waals surface area contributed by atoms with Gasteiger partial charge in [-0.15, -0.1) is 0 Å². The number of urea groups is 1. The predicted octanol–water partition coefficient (Wildman–Crippen LogP) is 3.91. The Morgan fingerprint density at radius 1 is 1.14 bits per heavy atom. The van der Waals surface area contributed by atoms with Gasteiger partial charge in [-0.25, -0.2) is 23.5 Å². The number of halogens is 3. The van der Waals surface area contributed by atoms with Crippen molar-refractivity contribution in [2.24, 2.45) is 0 Å². The smallest absolute Gasteiger partial charge is 0.318 e. The molecule has 35 heavy (non-hydrogen) atoms. The van der Waals surface area contributed by atoms with Crippen molar-refractivity contribution in [2.75, 3.05) is 31.1 Å². The van der Waals surface area contributed by atoms with Crippen LogP contribution < -0.4 is 10.2 Å². The van der Waals surface area contributed by atoms with Gasteiger partial charge in [0.15, 0.2) is 0 Å². The highest BCUT2D eigenvalue weighted by molar-refractivity contribution is 6.31.